The second-order valence-corrected chi connectivity index (χ2v) is 9.25. The lowest BCUT2D eigenvalue weighted by Gasteiger charge is -2.30. The molecule has 10 nitrogen and oxygen atoms in total. The summed E-state index contributed by atoms with van der Waals surface area (Å²) in [5, 5.41) is 16.1. The standard InChI is InChI=1S/C28H36N6O4/c1-20-4-5-21(19-35)14-23(20)18-30-26-6-7-29-28(32-26)31-24-15-22(27(36)33(2)8-11-37-3)16-25(17-24)34-9-12-38-13-10-34/h4-7,14-17,35H,8-13,18-19H2,1-3H3,(H2,29,30,31,32). The molecule has 2 heterocycles. The van der Waals surface area contributed by atoms with Crippen molar-refractivity contribution >= 4 is 29.0 Å². The van der Waals surface area contributed by atoms with Crippen molar-refractivity contribution in [1.29, 1.82) is 0 Å². The topological polar surface area (TPSA) is 112 Å². The molecule has 1 aliphatic heterocycles. The van der Waals surface area contributed by atoms with Gasteiger partial charge >= 0.3 is 0 Å². The van der Waals surface area contributed by atoms with Gasteiger partial charge in [0.05, 0.1) is 26.4 Å². The highest BCUT2D eigenvalue weighted by Gasteiger charge is 2.18. The summed E-state index contributed by atoms with van der Waals surface area (Å²) in [6.07, 6.45) is 1.69. The van der Waals surface area contributed by atoms with Crippen LogP contribution in [0.2, 0.25) is 0 Å². The lowest BCUT2D eigenvalue weighted by atomic mass is 10.1. The van der Waals surface area contributed by atoms with Crippen LogP contribution in [0.25, 0.3) is 0 Å². The van der Waals surface area contributed by atoms with Gasteiger partial charge in [-0.05, 0) is 47.9 Å². The van der Waals surface area contributed by atoms with E-state index in [0.29, 0.717) is 50.2 Å². The molecule has 0 radical (unpaired) electrons. The minimum atomic E-state index is -0.0861. The number of amides is 1. The number of anilines is 4. The summed E-state index contributed by atoms with van der Waals surface area (Å²) >= 11 is 0. The Hall–Kier alpha value is -3.73. The van der Waals surface area contributed by atoms with Crippen LogP contribution in [0.4, 0.5) is 23.1 Å². The van der Waals surface area contributed by atoms with Gasteiger partial charge in [0.25, 0.3) is 5.91 Å². The van der Waals surface area contributed by atoms with Crippen LogP contribution in [0.3, 0.4) is 0 Å². The average molecular weight is 521 g/mol. The third-order valence-corrected chi connectivity index (χ3v) is 6.49. The molecule has 1 aromatic heterocycles. The van der Waals surface area contributed by atoms with Crippen molar-refractivity contribution in [3.8, 4) is 0 Å². The molecule has 1 aliphatic rings. The van der Waals surface area contributed by atoms with Crippen molar-refractivity contribution in [2.24, 2.45) is 0 Å². The number of ether oxygens (including phenoxy) is 2. The molecule has 10 heteroatoms. The molecule has 0 bridgehead atoms. The number of nitrogens with zero attached hydrogens (tertiary/aromatic N) is 4. The molecule has 38 heavy (non-hydrogen) atoms. The highest BCUT2D eigenvalue weighted by molar-refractivity contribution is 5.96. The molecular weight excluding hydrogens is 484 g/mol. The fraction of sp³-hybridized carbons (Fsp3) is 0.393. The number of likely N-dealkylation sites (N-methyl/N-ethyl adjacent to an activating group) is 1. The third-order valence-electron chi connectivity index (χ3n) is 6.49. The fourth-order valence-corrected chi connectivity index (χ4v) is 4.21. The second-order valence-electron chi connectivity index (χ2n) is 9.25. The highest BCUT2D eigenvalue weighted by atomic mass is 16.5. The number of benzene rings is 2. The van der Waals surface area contributed by atoms with E-state index in [1.54, 1.807) is 31.3 Å². The molecule has 1 saturated heterocycles. The maximum atomic E-state index is 13.2. The number of methoxy groups -OCH3 is 1. The second kappa shape index (κ2) is 13.2. The van der Waals surface area contributed by atoms with Crippen LogP contribution in [0.1, 0.15) is 27.0 Å². The summed E-state index contributed by atoms with van der Waals surface area (Å²) < 4.78 is 10.6. The molecule has 3 N–H and O–H groups in total. The number of morpholine rings is 1. The predicted molar refractivity (Wildman–Crippen MR) is 148 cm³/mol. The predicted octanol–water partition coefficient (Wildman–Crippen LogP) is 3.19. The first-order valence-corrected chi connectivity index (χ1v) is 12.7. The Morgan fingerprint density at radius 3 is 2.76 bits per heavy atom. The fourth-order valence-electron chi connectivity index (χ4n) is 4.21. The molecule has 4 rings (SSSR count). The molecule has 3 aromatic rings. The van der Waals surface area contributed by atoms with Gasteiger partial charge in [-0.3, -0.25) is 4.79 Å². The normalized spacial score (nSPS) is 13.3. The number of hydrogen-bond donors (Lipinski definition) is 3. The number of aryl methyl sites for hydroxylation is 1. The van der Waals surface area contributed by atoms with E-state index in [1.165, 1.54) is 0 Å². The van der Waals surface area contributed by atoms with Gasteiger partial charge < -0.3 is 35.0 Å². The smallest absolute Gasteiger partial charge is 0.253 e. The summed E-state index contributed by atoms with van der Waals surface area (Å²) in [4.78, 5) is 26.0. The van der Waals surface area contributed by atoms with Crippen LogP contribution < -0.4 is 15.5 Å². The van der Waals surface area contributed by atoms with E-state index in [0.717, 1.165) is 41.2 Å². The monoisotopic (exact) mass is 520 g/mol. The van der Waals surface area contributed by atoms with Gasteiger partial charge in [0.1, 0.15) is 5.82 Å². The van der Waals surface area contributed by atoms with Crippen LogP contribution in [-0.2, 0) is 22.6 Å². The molecule has 1 amide bonds. The Balaban J connectivity index is 1.54. The van der Waals surface area contributed by atoms with Gasteiger partial charge in [-0.1, -0.05) is 18.2 Å². The molecule has 1 fully saturated rings. The Kier molecular flexibility index (Phi) is 9.47. The van der Waals surface area contributed by atoms with E-state index < -0.39 is 0 Å². The van der Waals surface area contributed by atoms with E-state index in [4.69, 9.17) is 9.47 Å². The van der Waals surface area contributed by atoms with Gasteiger partial charge in [-0.2, -0.15) is 4.98 Å². The van der Waals surface area contributed by atoms with Crippen molar-refractivity contribution in [3.63, 3.8) is 0 Å². The summed E-state index contributed by atoms with van der Waals surface area (Å²) in [5.41, 5.74) is 5.33. The van der Waals surface area contributed by atoms with E-state index in [9.17, 15) is 9.90 Å². The first kappa shape index (κ1) is 27.3. The number of hydrogen-bond acceptors (Lipinski definition) is 9. The molecule has 0 aliphatic carbocycles. The summed E-state index contributed by atoms with van der Waals surface area (Å²) in [6.45, 7) is 6.37. The highest BCUT2D eigenvalue weighted by Crippen LogP contribution is 2.26. The number of aliphatic hydroxyl groups excluding tert-OH is 1. The van der Waals surface area contributed by atoms with E-state index in [-0.39, 0.29) is 12.5 Å². The Morgan fingerprint density at radius 1 is 1.18 bits per heavy atom. The SMILES string of the molecule is COCCN(C)C(=O)c1cc(Nc2nccc(NCc3cc(CO)ccc3C)n2)cc(N2CCOCC2)c1. The van der Waals surface area contributed by atoms with Crippen molar-refractivity contribution in [2.45, 2.75) is 20.1 Å². The molecule has 0 spiro atoms. The molecule has 2 aromatic carbocycles. The van der Waals surface area contributed by atoms with Crippen LogP contribution in [0.15, 0.2) is 48.7 Å². The Labute approximate surface area is 223 Å². The van der Waals surface area contributed by atoms with Gasteiger partial charge in [-0.25, -0.2) is 4.98 Å². The van der Waals surface area contributed by atoms with Crippen molar-refractivity contribution in [1.82, 2.24) is 14.9 Å². The number of aliphatic hydroxyl groups is 1. The number of aromatic nitrogens is 2. The zero-order valence-electron chi connectivity index (χ0n) is 22.2. The number of carbonyl (C=O) groups excluding carboxylic acids is 1. The number of carbonyl (C=O) groups is 1. The maximum absolute atomic E-state index is 13.2. The summed E-state index contributed by atoms with van der Waals surface area (Å²) in [5.74, 6) is 0.995. The lowest BCUT2D eigenvalue weighted by molar-refractivity contribution is 0.0744. The zero-order chi connectivity index (χ0) is 26.9. The molecular formula is C28H36N6O4. The zero-order valence-corrected chi connectivity index (χ0v) is 22.2. The van der Waals surface area contributed by atoms with Gasteiger partial charge in [0.15, 0.2) is 0 Å². The number of nitrogens with one attached hydrogen (secondary N) is 2. The van der Waals surface area contributed by atoms with E-state index in [1.807, 2.05) is 43.3 Å². The molecule has 202 valence electrons. The molecule has 0 atom stereocenters. The first-order valence-electron chi connectivity index (χ1n) is 12.7. The third kappa shape index (κ3) is 7.18. The largest absolute Gasteiger partial charge is 0.392 e. The Bertz CT molecular complexity index is 1230. The lowest BCUT2D eigenvalue weighted by Crippen LogP contribution is -2.36. The van der Waals surface area contributed by atoms with Crippen molar-refractivity contribution in [3.05, 3.63) is 70.9 Å². The van der Waals surface area contributed by atoms with E-state index in [2.05, 4.69) is 25.5 Å². The van der Waals surface area contributed by atoms with Gasteiger partial charge in [0.2, 0.25) is 5.95 Å². The molecule has 0 unspecified atom stereocenters. The minimum Gasteiger partial charge on any atom is -0.392 e. The van der Waals surface area contributed by atoms with Crippen molar-refractivity contribution < 1.29 is 19.4 Å². The maximum Gasteiger partial charge on any atom is 0.253 e. The minimum absolute atomic E-state index is 0.00500. The van der Waals surface area contributed by atoms with Crippen molar-refractivity contribution in [2.75, 3.05) is 69.1 Å². The van der Waals surface area contributed by atoms with Gasteiger partial charge in [-0.15, -0.1) is 0 Å². The average Bonchev–Trinajstić information content (AvgIpc) is 2.95. The molecule has 0 saturated carbocycles. The quantitative estimate of drug-likeness (QED) is 0.351. The van der Waals surface area contributed by atoms with Crippen LogP contribution in [-0.4, -0.2) is 79.5 Å². The Morgan fingerprint density at radius 2 is 2.00 bits per heavy atom. The van der Waals surface area contributed by atoms with Crippen LogP contribution in [0.5, 0.6) is 0 Å². The van der Waals surface area contributed by atoms with Crippen LogP contribution >= 0.6 is 0 Å². The summed E-state index contributed by atoms with van der Waals surface area (Å²) in [7, 11) is 3.39. The van der Waals surface area contributed by atoms with Gasteiger partial charge in [0, 0.05) is 63.5 Å². The number of rotatable bonds is 11. The summed E-state index contributed by atoms with van der Waals surface area (Å²) in [6, 6.07) is 13.5. The first-order chi connectivity index (χ1) is 18.5. The van der Waals surface area contributed by atoms with E-state index >= 15 is 0 Å². The van der Waals surface area contributed by atoms with Crippen LogP contribution in [0, 0.1) is 6.92 Å².